The van der Waals surface area contributed by atoms with Crippen LogP contribution in [0, 0.1) is 0 Å². The molecule has 2 fully saturated rings. The van der Waals surface area contributed by atoms with E-state index in [1.807, 2.05) is 13.8 Å². The minimum absolute atomic E-state index is 0.573. The number of nitrogens with zero attached hydrogens (tertiary/aromatic N) is 2. The quantitative estimate of drug-likeness (QED) is 0.784. The summed E-state index contributed by atoms with van der Waals surface area (Å²) < 4.78 is 5.55. The van der Waals surface area contributed by atoms with Gasteiger partial charge in [0, 0.05) is 45.4 Å². The SMILES string of the molecule is CC(C)(O)CN1CCN(C2CCCOC2)CC1. The molecule has 1 N–H and O–H groups in total. The molecule has 2 rings (SSSR count). The molecule has 4 nitrogen and oxygen atoms in total. The summed E-state index contributed by atoms with van der Waals surface area (Å²) in [5.74, 6) is 0. The molecule has 2 saturated heterocycles. The van der Waals surface area contributed by atoms with Crippen LogP contribution in [-0.2, 0) is 4.74 Å². The summed E-state index contributed by atoms with van der Waals surface area (Å²) in [7, 11) is 0. The number of hydrogen-bond acceptors (Lipinski definition) is 4. The zero-order valence-corrected chi connectivity index (χ0v) is 11.2. The Labute approximate surface area is 105 Å². The second-order valence-corrected chi connectivity index (χ2v) is 6.00. The summed E-state index contributed by atoms with van der Waals surface area (Å²) in [6, 6.07) is 0.632. The second kappa shape index (κ2) is 5.65. The molecule has 4 heteroatoms. The summed E-state index contributed by atoms with van der Waals surface area (Å²) in [6.45, 7) is 10.8. The Bertz CT molecular complexity index is 226. The maximum atomic E-state index is 9.81. The molecule has 2 aliphatic rings. The fourth-order valence-electron chi connectivity index (χ4n) is 2.85. The normalized spacial score (nSPS) is 29.5. The van der Waals surface area contributed by atoms with E-state index >= 15 is 0 Å². The number of β-amino-alcohol motifs (C(OH)–C–C–N with tert-alkyl or cyclic N) is 1. The molecule has 0 aromatic rings. The van der Waals surface area contributed by atoms with Gasteiger partial charge in [0.15, 0.2) is 0 Å². The number of piperazine rings is 1. The van der Waals surface area contributed by atoms with Crippen molar-refractivity contribution in [3.63, 3.8) is 0 Å². The first-order valence-electron chi connectivity index (χ1n) is 6.81. The summed E-state index contributed by atoms with van der Waals surface area (Å²) in [5.41, 5.74) is -0.573. The molecule has 0 bridgehead atoms. The van der Waals surface area contributed by atoms with Crippen LogP contribution in [-0.4, -0.2) is 72.5 Å². The predicted molar refractivity (Wildman–Crippen MR) is 68.2 cm³/mol. The summed E-state index contributed by atoms with van der Waals surface area (Å²) >= 11 is 0. The minimum atomic E-state index is -0.573. The van der Waals surface area contributed by atoms with Crippen molar-refractivity contribution in [2.45, 2.75) is 38.3 Å². The van der Waals surface area contributed by atoms with E-state index in [0.29, 0.717) is 6.04 Å². The lowest BCUT2D eigenvalue weighted by atomic mass is 10.1. The van der Waals surface area contributed by atoms with E-state index in [9.17, 15) is 5.11 Å². The van der Waals surface area contributed by atoms with E-state index in [2.05, 4.69) is 9.80 Å². The molecule has 0 aliphatic carbocycles. The van der Waals surface area contributed by atoms with Crippen molar-refractivity contribution in [2.75, 3.05) is 45.9 Å². The lowest BCUT2D eigenvalue weighted by molar-refractivity contribution is -0.0196. The lowest BCUT2D eigenvalue weighted by Crippen LogP contribution is -2.54. The van der Waals surface area contributed by atoms with Crippen LogP contribution in [0.15, 0.2) is 0 Å². The van der Waals surface area contributed by atoms with E-state index in [-0.39, 0.29) is 0 Å². The van der Waals surface area contributed by atoms with Gasteiger partial charge in [-0.3, -0.25) is 9.80 Å². The first kappa shape index (κ1) is 13.3. The van der Waals surface area contributed by atoms with E-state index in [4.69, 9.17) is 4.74 Å². The molecule has 17 heavy (non-hydrogen) atoms. The summed E-state index contributed by atoms with van der Waals surface area (Å²) in [5, 5.41) is 9.81. The van der Waals surface area contributed by atoms with Crippen LogP contribution in [0.2, 0.25) is 0 Å². The third-order valence-electron chi connectivity index (χ3n) is 3.67. The Kier molecular flexibility index (Phi) is 4.42. The van der Waals surface area contributed by atoms with Crippen LogP contribution in [0.5, 0.6) is 0 Å². The molecule has 2 heterocycles. The highest BCUT2D eigenvalue weighted by atomic mass is 16.5. The van der Waals surface area contributed by atoms with Crippen LogP contribution < -0.4 is 0 Å². The molecule has 0 aromatic heterocycles. The molecule has 1 atom stereocenters. The second-order valence-electron chi connectivity index (χ2n) is 6.00. The molecule has 2 aliphatic heterocycles. The highest BCUT2D eigenvalue weighted by molar-refractivity contribution is 4.82. The van der Waals surface area contributed by atoms with Crippen LogP contribution in [0.4, 0.5) is 0 Å². The molecule has 100 valence electrons. The van der Waals surface area contributed by atoms with Gasteiger partial charge in [-0.15, -0.1) is 0 Å². The fourth-order valence-corrected chi connectivity index (χ4v) is 2.85. The standard InChI is InChI=1S/C13H26N2O2/c1-13(2,16)11-14-5-7-15(8-6-14)12-4-3-9-17-10-12/h12,16H,3-11H2,1-2H3. The minimum Gasteiger partial charge on any atom is -0.389 e. The molecular formula is C13H26N2O2. The van der Waals surface area contributed by atoms with Gasteiger partial charge in [0.05, 0.1) is 12.2 Å². The van der Waals surface area contributed by atoms with Crippen molar-refractivity contribution in [3.05, 3.63) is 0 Å². The Balaban J connectivity index is 1.73. The van der Waals surface area contributed by atoms with Crippen molar-refractivity contribution >= 4 is 0 Å². The van der Waals surface area contributed by atoms with Crippen LogP contribution >= 0.6 is 0 Å². The third-order valence-corrected chi connectivity index (χ3v) is 3.67. The predicted octanol–water partition coefficient (Wildman–Crippen LogP) is 0.554. The molecular weight excluding hydrogens is 216 g/mol. The van der Waals surface area contributed by atoms with Gasteiger partial charge < -0.3 is 9.84 Å². The first-order valence-corrected chi connectivity index (χ1v) is 6.81. The average Bonchev–Trinajstić information content (AvgIpc) is 2.29. The van der Waals surface area contributed by atoms with E-state index in [0.717, 1.165) is 45.9 Å². The van der Waals surface area contributed by atoms with E-state index < -0.39 is 5.60 Å². The molecule has 0 aromatic carbocycles. The maximum Gasteiger partial charge on any atom is 0.0718 e. The van der Waals surface area contributed by atoms with Crippen LogP contribution in [0.3, 0.4) is 0 Å². The maximum absolute atomic E-state index is 9.81. The average molecular weight is 242 g/mol. The number of rotatable bonds is 3. The van der Waals surface area contributed by atoms with Gasteiger partial charge in [0.25, 0.3) is 0 Å². The van der Waals surface area contributed by atoms with Crippen LogP contribution in [0.25, 0.3) is 0 Å². The van der Waals surface area contributed by atoms with Gasteiger partial charge >= 0.3 is 0 Å². The van der Waals surface area contributed by atoms with E-state index in [1.165, 1.54) is 12.8 Å². The summed E-state index contributed by atoms with van der Waals surface area (Å²) in [6.07, 6.45) is 2.49. The van der Waals surface area contributed by atoms with Crippen molar-refractivity contribution < 1.29 is 9.84 Å². The third kappa shape index (κ3) is 4.21. The Hall–Kier alpha value is -0.160. The smallest absolute Gasteiger partial charge is 0.0718 e. The Morgan fingerprint density at radius 2 is 1.94 bits per heavy atom. The number of hydrogen-bond donors (Lipinski definition) is 1. The molecule has 0 amide bonds. The molecule has 0 saturated carbocycles. The first-order chi connectivity index (χ1) is 8.04. The monoisotopic (exact) mass is 242 g/mol. The van der Waals surface area contributed by atoms with Gasteiger partial charge in [0.1, 0.15) is 0 Å². The largest absolute Gasteiger partial charge is 0.389 e. The van der Waals surface area contributed by atoms with Crippen molar-refractivity contribution in [1.29, 1.82) is 0 Å². The highest BCUT2D eigenvalue weighted by Gasteiger charge is 2.27. The van der Waals surface area contributed by atoms with Gasteiger partial charge in [-0.25, -0.2) is 0 Å². The van der Waals surface area contributed by atoms with Crippen molar-refractivity contribution in [3.8, 4) is 0 Å². The lowest BCUT2D eigenvalue weighted by Gasteiger charge is -2.41. The molecule has 0 spiro atoms. The van der Waals surface area contributed by atoms with Gasteiger partial charge in [-0.1, -0.05) is 0 Å². The zero-order valence-electron chi connectivity index (χ0n) is 11.2. The highest BCUT2D eigenvalue weighted by Crippen LogP contribution is 2.16. The van der Waals surface area contributed by atoms with Crippen LogP contribution in [0.1, 0.15) is 26.7 Å². The molecule has 1 unspecified atom stereocenters. The summed E-state index contributed by atoms with van der Waals surface area (Å²) in [4.78, 5) is 4.92. The van der Waals surface area contributed by atoms with Gasteiger partial charge in [-0.2, -0.15) is 0 Å². The van der Waals surface area contributed by atoms with Gasteiger partial charge in [-0.05, 0) is 26.7 Å². The fraction of sp³-hybridized carbons (Fsp3) is 1.00. The van der Waals surface area contributed by atoms with Crippen molar-refractivity contribution in [1.82, 2.24) is 9.80 Å². The number of aliphatic hydroxyl groups is 1. The number of ether oxygens (including phenoxy) is 1. The Morgan fingerprint density at radius 1 is 1.24 bits per heavy atom. The van der Waals surface area contributed by atoms with Gasteiger partial charge in [0.2, 0.25) is 0 Å². The topological polar surface area (TPSA) is 35.9 Å². The van der Waals surface area contributed by atoms with Crippen molar-refractivity contribution in [2.24, 2.45) is 0 Å². The van der Waals surface area contributed by atoms with E-state index in [1.54, 1.807) is 0 Å². The molecule has 0 radical (unpaired) electrons. The Morgan fingerprint density at radius 3 is 2.47 bits per heavy atom. The zero-order chi connectivity index (χ0) is 12.3.